The maximum Gasteiger partial charge on any atom is 0.337 e. The fraction of sp³-hybridized carbons (Fsp3) is 0.318. The van der Waals surface area contributed by atoms with Crippen LogP contribution in [0, 0.1) is 0 Å². The van der Waals surface area contributed by atoms with Crippen LogP contribution >= 0.6 is 0 Å². The molecule has 8 heteroatoms. The van der Waals surface area contributed by atoms with Crippen LogP contribution in [0.1, 0.15) is 37.8 Å². The molecule has 30 heavy (non-hydrogen) atoms. The molecule has 0 bridgehead atoms. The number of carbonyl (C=O) groups excluding carboxylic acids is 1. The van der Waals surface area contributed by atoms with Gasteiger partial charge >= 0.3 is 11.7 Å². The molecular weight excluding hydrogens is 384 g/mol. The lowest BCUT2D eigenvalue weighted by molar-refractivity contribution is -0.138. The molecule has 3 rings (SSSR count). The predicted octanol–water partition coefficient (Wildman–Crippen LogP) is 2.47. The molecule has 0 amide bonds. The van der Waals surface area contributed by atoms with Crippen LogP contribution in [0.5, 0.6) is 0 Å². The topological polar surface area (TPSA) is 107 Å². The van der Waals surface area contributed by atoms with Gasteiger partial charge in [-0.2, -0.15) is 0 Å². The van der Waals surface area contributed by atoms with E-state index in [4.69, 9.17) is 4.74 Å². The second kappa shape index (κ2) is 8.86. The SMILES string of the molecule is C=CCOC(=O)C1=C(C)Nc2[nH]c(=O)[nH]c(=O)c2[C@H]1c1ccc(N(CC)CC)cc1. The summed E-state index contributed by atoms with van der Waals surface area (Å²) in [5.74, 6) is -0.960. The third-order valence-corrected chi connectivity index (χ3v) is 5.18. The number of benzene rings is 1. The lowest BCUT2D eigenvalue weighted by Gasteiger charge is -2.29. The Balaban J connectivity index is 2.16. The summed E-state index contributed by atoms with van der Waals surface area (Å²) in [5, 5.41) is 2.97. The van der Waals surface area contributed by atoms with Crippen molar-refractivity contribution in [1.29, 1.82) is 0 Å². The molecule has 0 fully saturated rings. The number of esters is 1. The van der Waals surface area contributed by atoms with E-state index in [1.165, 1.54) is 6.08 Å². The van der Waals surface area contributed by atoms with Gasteiger partial charge in [-0.25, -0.2) is 9.59 Å². The fourth-order valence-corrected chi connectivity index (χ4v) is 3.77. The van der Waals surface area contributed by atoms with Crippen molar-refractivity contribution in [3.05, 3.63) is 80.2 Å². The standard InChI is InChI=1S/C22H26N4O4/c1-5-12-30-21(28)16-13(4)23-19-18(20(27)25-22(29)24-19)17(16)14-8-10-15(11-9-14)26(6-2)7-3/h5,8-11,17H,1,6-7,12H2,2-4H3,(H3,23,24,25,27,29)/t17-/m0/s1. The highest BCUT2D eigenvalue weighted by molar-refractivity contribution is 5.94. The van der Waals surface area contributed by atoms with Gasteiger partial charge in [-0.3, -0.25) is 14.8 Å². The van der Waals surface area contributed by atoms with Crippen molar-refractivity contribution < 1.29 is 9.53 Å². The second-order valence-corrected chi connectivity index (χ2v) is 6.94. The molecule has 8 nitrogen and oxygen atoms in total. The van der Waals surface area contributed by atoms with Gasteiger partial charge in [0.05, 0.1) is 17.1 Å². The van der Waals surface area contributed by atoms with Crippen LogP contribution in [0.3, 0.4) is 0 Å². The van der Waals surface area contributed by atoms with Crippen molar-refractivity contribution in [3.63, 3.8) is 0 Å². The molecule has 2 aromatic rings. The van der Waals surface area contributed by atoms with E-state index in [1.54, 1.807) is 6.92 Å². The van der Waals surface area contributed by atoms with E-state index in [0.29, 0.717) is 11.3 Å². The molecule has 0 spiro atoms. The summed E-state index contributed by atoms with van der Waals surface area (Å²) in [6.07, 6.45) is 1.48. The van der Waals surface area contributed by atoms with Crippen molar-refractivity contribution in [2.75, 3.05) is 29.9 Å². The molecule has 0 saturated carbocycles. The number of rotatable bonds is 7. The van der Waals surface area contributed by atoms with E-state index in [1.807, 2.05) is 24.3 Å². The molecule has 2 heterocycles. The number of ether oxygens (including phenoxy) is 1. The van der Waals surface area contributed by atoms with Gasteiger partial charge < -0.3 is 15.0 Å². The molecule has 0 radical (unpaired) electrons. The van der Waals surface area contributed by atoms with E-state index < -0.39 is 23.1 Å². The number of anilines is 2. The molecule has 0 saturated heterocycles. The number of allylic oxidation sites excluding steroid dienone is 1. The first-order chi connectivity index (χ1) is 14.4. The van der Waals surface area contributed by atoms with Crippen LogP contribution < -0.4 is 21.5 Å². The van der Waals surface area contributed by atoms with Crippen LogP contribution in [-0.4, -0.2) is 35.6 Å². The summed E-state index contributed by atoms with van der Waals surface area (Å²) in [6, 6.07) is 7.72. The summed E-state index contributed by atoms with van der Waals surface area (Å²) in [4.78, 5) is 44.4. The largest absolute Gasteiger partial charge is 0.458 e. The van der Waals surface area contributed by atoms with Gasteiger partial charge in [0.1, 0.15) is 12.4 Å². The van der Waals surface area contributed by atoms with Gasteiger partial charge in [0.2, 0.25) is 0 Å². The van der Waals surface area contributed by atoms with Crippen molar-refractivity contribution in [2.24, 2.45) is 0 Å². The van der Waals surface area contributed by atoms with Gasteiger partial charge in [0.25, 0.3) is 5.56 Å². The Morgan fingerprint density at radius 2 is 1.83 bits per heavy atom. The average Bonchev–Trinajstić information content (AvgIpc) is 2.72. The number of hydrogen-bond donors (Lipinski definition) is 3. The summed E-state index contributed by atoms with van der Waals surface area (Å²) in [5.41, 5.74) is 1.71. The Hall–Kier alpha value is -3.55. The average molecular weight is 410 g/mol. The van der Waals surface area contributed by atoms with Crippen LogP contribution in [0.4, 0.5) is 11.5 Å². The molecule has 158 valence electrons. The van der Waals surface area contributed by atoms with E-state index in [2.05, 4.69) is 40.6 Å². The highest BCUT2D eigenvalue weighted by atomic mass is 16.5. The van der Waals surface area contributed by atoms with Crippen LogP contribution in [-0.2, 0) is 9.53 Å². The Bertz CT molecular complexity index is 1090. The number of aromatic nitrogens is 2. The summed E-state index contributed by atoms with van der Waals surface area (Å²) in [6.45, 7) is 11.2. The molecular formula is C22H26N4O4. The Morgan fingerprint density at radius 1 is 1.17 bits per heavy atom. The van der Waals surface area contributed by atoms with Crippen molar-refractivity contribution >= 4 is 17.5 Å². The van der Waals surface area contributed by atoms with Crippen LogP contribution in [0.25, 0.3) is 0 Å². The molecule has 0 aliphatic carbocycles. The van der Waals surface area contributed by atoms with Gasteiger partial charge in [-0.1, -0.05) is 24.8 Å². The Morgan fingerprint density at radius 3 is 2.43 bits per heavy atom. The number of hydrogen-bond acceptors (Lipinski definition) is 6. The highest BCUT2D eigenvalue weighted by Gasteiger charge is 2.36. The summed E-state index contributed by atoms with van der Waals surface area (Å²) in [7, 11) is 0. The first kappa shape index (κ1) is 21.2. The zero-order chi connectivity index (χ0) is 21.8. The van der Waals surface area contributed by atoms with Gasteiger partial charge in [0.15, 0.2) is 0 Å². The highest BCUT2D eigenvalue weighted by Crippen LogP contribution is 2.39. The van der Waals surface area contributed by atoms with Crippen molar-refractivity contribution in [3.8, 4) is 0 Å². The molecule has 1 aromatic carbocycles. The third kappa shape index (κ3) is 3.94. The van der Waals surface area contributed by atoms with E-state index in [0.717, 1.165) is 24.3 Å². The minimum Gasteiger partial charge on any atom is -0.458 e. The first-order valence-corrected chi connectivity index (χ1v) is 9.88. The smallest absolute Gasteiger partial charge is 0.337 e. The minimum absolute atomic E-state index is 0.0536. The van der Waals surface area contributed by atoms with E-state index in [-0.39, 0.29) is 18.0 Å². The second-order valence-electron chi connectivity index (χ2n) is 6.94. The quantitative estimate of drug-likeness (QED) is 0.478. The summed E-state index contributed by atoms with van der Waals surface area (Å²) >= 11 is 0. The number of fused-ring (bicyclic) bond motifs is 1. The molecule has 3 N–H and O–H groups in total. The Labute approximate surface area is 174 Å². The molecule has 1 atom stereocenters. The zero-order valence-electron chi connectivity index (χ0n) is 17.4. The summed E-state index contributed by atoms with van der Waals surface area (Å²) < 4.78 is 5.28. The third-order valence-electron chi connectivity index (χ3n) is 5.18. The predicted molar refractivity (Wildman–Crippen MR) is 117 cm³/mol. The monoisotopic (exact) mass is 410 g/mol. The normalized spacial score (nSPS) is 15.2. The van der Waals surface area contributed by atoms with Gasteiger partial charge in [0, 0.05) is 24.5 Å². The number of H-pyrrole nitrogens is 2. The lowest BCUT2D eigenvalue weighted by Crippen LogP contribution is -2.35. The number of nitrogens with one attached hydrogen (secondary N) is 3. The van der Waals surface area contributed by atoms with Gasteiger partial charge in [-0.05, 0) is 38.5 Å². The number of aromatic amines is 2. The Kier molecular flexibility index (Phi) is 6.25. The zero-order valence-corrected chi connectivity index (χ0v) is 17.4. The molecule has 1 aliphatic rings. The fourth-order valence-electron chi connectivity index (χ4n) is 3.77. The first-order valence-electron chi connectivity index (χ1n) is 9.88. The van der Waals surface area contributed by atoms with Crippen LogP contribution in [0.15, 0.2) is 57.8 Å². The van der Waals surface area contributed by atoms with E-state index >= 15 is 0 Å². The van der Waals surface area contributed by atoms with Gasteiger partial charge in [-0.15, -0.1) is 0 Å². The number of carbonyl (C=O) groups is 1. The molecule has 1 aliphatic heterocycles. The maximum atomic E-state index is 12.8. The molecule has 0 unspecified atom stereocenters. The van der Waals surface area contributed by atoms with E-state index in [9.17, 15) is 14.4 Å². The minimum atomic E-state index is -0.690. The van der Waals surface area contributed by atoms with Crippen molar-refractivity contribution in [1.82, 2.24) is 9.97 Å². The van der Waals surface area contributed by atoms with Crippen molar-refractivity contribution in [2.45, 2.75) is 26.7 Å². The molecule has 1 aromatic heterocycles. The lowest BCUT2D eigenvalue weighted by atomic mass is 9.82. The maximum absolute atomic E-state index is 12.8. The number of nitrogens with zero attached hydrogens (tertiary/aromatic N) is 1. The van der Waals surface area contributed by atoms with Crippen LogP contribution in [0.2, 0.25) is 0 Å².